The largest absolute Gasteiger partial charge is 0.487 e. The number of hydrogen-bond donors (Lipinski definition) is 0. The Kier molecular flexibility index (Phi) is 7.41. The normalized spacial score (nSPS) is 12.3. The van der Waals surface area contributed by atoms with Crippen molar-refractivity contribution in [1.29, 1.82) is 0 Å². The highest BCUT2D eigenvalue weighted by Crippen LogP contribution is 2.31. The number of oxime groups is 1. The van der Waals surface area contributed by atoms with Crippen LogP contribution in [0.15, 0.2) is 65.8 Å². The van der Waals surface area contributed by atoms with Crippen LogP contribution >= 0.6 is 0 Å². The van der Waals surface area contributed by atoms with E-state index in [9.17, 15) is 18.0 Å². The highest BCUT2D eigenvalue weighted by atomic mass is 19.4. The molecule has 2 rings (SSSR count). The van der Waals surface area contributed by atoms with E-state index in [0.29, 0.717) is 17.2 Å². The molecule has 0 aliphatic rings. The summed E-state index contributed by atoms with van der Waals surface area (Å²) >= 11 is 0. The zero-order valence-corrected chi connectivity index (χ0v) is 16.1. The Bertz CT molecular complexity index is 868. The summed E-state index contributed by atoms with van der Waals surface area (Å²) in [7, 11) is 0. The summed E-state index contributed by atoms with van der Waals surface area (Å²) in [5.74, 6) is 0.641. The maximum absolute atomic E-state index is 12.6. The number of carbonyl (C=O) groups excluding carboxylic acids is 1. The van der Waals surface area contributed by atoms with Crippen molar-refractivity contribution >= 4 is 11.7 Å². The molecule has 1 atom stereocenters. The molecule has 154 valence electrons. The van der Waals surface area contributed by atoms with Gasteiger partial charge in [-0.2, -0.15) is 13.2 Å². The third-order valence-corrected chi connectivity index (χ3v) is 3.38. The van der Waals surface area contributed by atoms with E-state index in [1.807, 2.05) is 0 Å². The van der Waals surface area contributed by atoms with E-state index in [-0.39, 0.29) is 5.75 Å². The lowest BCUT2D eigenvalue weighted by atomic mass is 10.2. The number of ether oxygens (including phenoxy) is 2. The number of alkyl halides is 3. The summed E-state index contributed by atoms with van der Waals surface area (Å²) in [4.78, 5) is 16.1. The molecule has 0 aromatic heterocycles. The predicted molar refractivity (Wildman–Crippen MR) is 102 cm³/mol. The van der Waals surface area contributed by atoms with Crippen LogP contribution in [-0.2, 0) is 15.8 Å². The highest BCUT2D eigenvalue weighted by molar-refractivity contribution is 5.84. The summed E-state index contributed by atoms with van der Waals surface area (Å²) in [6, 6.07) is 11.0. The average Bonchev–Trinajstić information content (AvgIpc) is 2.66. The number of hydrogen-bond acceptors (Lipinski definition) is 5. The fourth-order valence-electron chi connectivity index (χ4n) is 2.07. The second-order valence-corrected chi connectivity index (χ2v) is 6.23. The number of halogens is 3. The molecule has 5 nitrogen and oxygen atoms in total. The molecule has 0 amide bonds. The van der Waals surface area contributed by atoms with Crippen molar-refractivity contribution < 1.29 is 32.3 Å². The van der Waals surface area contributed by atoms with Gasteiger partial charge in [0, 0.05) is 6.08 Å². The second-order valence-electron chi connectivity index (χ2n) is 6.23. The van der Waals surface area contributed by atoms with Gasteiger partial charge in [-0.05, 0) is 75.4 Å². The molecule has 0 N–H and O–H groups in total. The van der Waals surface area contributed by atoms with E-state index < -0.39 is 23.8 Å². The Morgan fingerprint density at radius 2 is 1.48 bits per heavy atom. The molecule has 0 bridgehead atoms. The Morgan fingerprint density at radius 1 is 0.966 bits per heavy atom. The molecular formula is C21H20F3NO4. The van der Waals surface area contributed by atoms with Gasteiger partial charge >= 0.3 is 12.1 Å². The minimum Gasteiger partial charge on any atom is -0.487 e. The van der Waals surface area contributed by atoms with Gasteiger partial charge in [0.15, 0.2) is 0 Å². The first-order chi connectivity index (χ1) is 13.6. The van der Waals surface area contributed by atoms with Crippen molar-refractivity contribution in [3.63, 3.8) is 0 Å². The monoisotopic (exact) mass is 407 g/mol. The Balaban J connectivity index is 1.89. The molecule has 0 heterocycles. The summed E-state index contributed by atoms with van der Waals surface area (Å²) < 4.78 is 48.9. The maximum Gasteiger partial charge on any atom is 0.416 e. The third kappa shape index (κ3) is 7.69. The van der Waals surface area contributed by atoms with Crippen LogP contribution in [0.4, 0.5) is 13.2 Å². The van der Waals surface area contributed by atoms with Crippen LogP contribution in [0.1, 0.15) is 26.3 Å². The minimum atomic E-state index is -4.39. The van der Waals surface area contributed by atoms with Crippen LogP contribution < -0.4 is 9.47 Å². The lowest BCUT2D eigenvalue weighted by Crippen LogP contribution is -2.09. The van der Waals surface area contributed by atoms with Crippen molar-refractivity contribution in [1.82, 2.24) is 0 Å². The van der Waals surface area contributed by atoms with Gasteiger partial charge in [-0.15, -0.1) is 0 Å². The minimum absolute atomic E-state index is 0.284. The molecule has 1 unspecified atom stereocenters. The highest BCUT2D eigenvalue weighted by Gasteiger charge is 2.30. The van der Waals surface area contributed by atoms with Gasteiger partial charge in [-0.25, -0.2) is 4.79 Å². The van der Waals surface area contributed by atoms with Gasteiger partial charge in [0.25, 0.3) is 0 Å². The van der Waals surface area contributed by atoms with Gasteiger partial charge in [-0.1, -0.05) is 5.16 Å². The van der Waals surface area contributed by atoms with Gasteiger partial charge < -0.3 is 14.3 Å². The van der Waals surface area contributed by atoms with Crippen molar-refractivity contribution in [3.8, 4) is 17.2 Å². The van der Waals surface area contributed by atoms with Gasteiger partial charge in [0.2, 0.25) is 0 Å². The van der Waals surface area contributed by atoms with Crippen molar-refractivity contribution in [2.24, 2.45) is 5.16 Å². The number of nitrogens with zero attached hydrogens (tertiary/aromatic N) is 1. The van der Waals surface area contributed by atoms with E-state index in [0.717, 1.165) is 12.1 Å². The molecule has 8 heteroatoms. The van der Waals surface area contributed by atoms with Crippen LogP contribution in [0.3, 0.4) is 0 Å². The van der Waals surface area contributed by atoms with Crippen LogP contribution in [0.2, 0.25) is 0 Å². The molecule has 0 aliphatic carbocycles. The van der Waals surface area contributed by atoms with Gasteiger partial charge in [0.05, 0.1) is 11.3 Å². The Hall–Kier alpha value is -3.29. The topological polar surface area (TPSA) is 57.1 Å². The fourth-order valence-corrected chi connectivity index (χ4v) is 2.07. The summed E-state index contributed by atoms with van der Waals surface area (Å²) in [5.41, 5.74) is -0.120. The molecule has 0 spiro atoms. The number of carbonyl (C=O) groups is 1. The van der Waals surface area contributed by atoms with Crippen LogP contribution in [0.5, 0.6) is 17.2 Å². The fraction of sp³-hybridized carbons (Fsp3) is 0.238. The lowest BCUT2D eigenvalue weighted by Gasteiger charge is -2.12. The average molecular weight is 407 g/mol. The van der Waals surface area contributed by atoms with Crippen molar-refractivity contribution in [3.05, 3.63) is 66.2 Å². The summed E-state index contributed by atoms with van der Waals surface area (Å²) in [6.45, 7) is 5.14. The van der Waals surface area contributed by atoms with E-state index >= 15 is 0 Å². The smallest absolute Gasteiger partial charge is 0.416 e. The first-order valence-electron chi connectivity index (χ1n) is 8.65. The van der Waals surface area contributed by atoms with E-state index in [4.69, 9.17) is 9.47 Å². The Morgan fingerprint density at radius 3 is 2.00 bits per heavy atom. The van der Waals surface area contributed by atoms with Gasteiger partial charge in [0.1, 0.15) is 23.4 Å². The van der Waals surface area contributed by atoms with Gasteiger partial charge in [-0.3, -0.25) is 0 Å². The molecule has 0 radical (unpaired) electrons. The summed E-state index contributed by atoms with van der Waals surface area (Å²) in [5, 5.41) is 3.55. The molecule has 2 aromatic rings. The molecule has 0 saturated heterocycles. The molecule has 2 aromatic carbocycles. The van der Waals surface area contributed by atoms with Crippen LogP contribution in [0, 0.1) is 0 Å². The number of rotatable bonds is 7. The van der Waals surface area contributed by atoms with Crippen LogP contribution in [-0.4, -0.2) is 17.8 Å². The quantitative estimate of drug-likeness (QED) is 0.253. The predicted octanol–water partition coefficient (Wildman–Crippen LogP) is 5.76. The first kappa shape index (κ1) is 22.0. The first-order valence-corrected chi connectivity index (χ1v) is 8.65. The molecule has 0 fully saturated rings. The maximum atomic E-state index is 12.6. The van der Waals surface area contributed by atoms with E-state index in [1.165, 1.54) is 24.3 Å². The van der Waals surface area contributed by atoms with Crippen molar-refractivity contribution in [2.75, 3.05) is 0 Å². The van der Waals surface area contributed by atoms with E-state index in [2.05, 4.69) is 9.99 Å². The lowest BCUT2D eigenvalue weighted by molar-refractivity contribution is -0.138. The summed E-state index contributed by atoms with van der Waals surface area (Å²) in [6.07, 6.45) is -2.05. The zero-order chi connectivity index (χ0) is 21.4. The molecule has 0 saturated carbocycles. The SMILES string of the molecule is CC(C)=NOC(=O)C=CC(C)Oc1ccc(Oc2ccc(C(F)(F)F)cc2)cc1. The zero-order valence-electron chi connectivity index (χ0n) is 16.1. The molecule has 0 aliphatic heterocycles. The van der Waals surface area contributed by atoms with Crippen LogP contribution in [0.25, 0.3) is 0 Å². The number of benzene rings is 2. The molecular weight excluding hydrogens is 387 g/mol. The van der Waals surface area contributed by atoms with E-state index in [1.54, 1.807) is 45.0 Å². The molecule has 29 heavy (non-hydrogen) atoms. The third-order valence-electron chi connectivity index (χ3n) is 3.38. The van der Waals surface area contributed by atoms with Crippen molar-refractivity contribution in [2.45, 2.75) is 33.1 Å². The second kappa shape index (κ2) is 9.77. The standard InChI is InChI=1S/C21H20F3NO4/c1-14(2)25-29-20(26)13-4-15(3)27-17-9-11-19(12-10-17)28-18-7-5-16(6-8-18)21(22,23)24/h4-13,15H,1-3H3. The Labute approximate surface area is 166 Å².